The third-order valence-corrected chi connectivity index (χ3v) is 5.43. The molecule has 0 fully saturated rings. The zero-order valence-corrected chi connectivity index (χ0v) is 17.3. The van der Waals surface area contributed by atoms with Crippen molar-refractivity contribution in [3.8, 4) is 17.0 Å². The van der Waals surface area contributed by atoms with E-state index in [1.54, 1.807) is 0 Å². The van der Waals surface area contributed by atoms with Gasteiger partial charge in [-0.25, -0.2) is 9.97 Å². The summed E-state index contributed by atoms with van der Waals surface area (Å²) in [6.07, 6.45) is 1.47. The predicted molar refractivity (Wildman–Crippen MR) is 118 cm³/mol. The second kappa shape index (κ2) is 8.01. The number of thiophene rings is 1. The SMILES string of the molecule is Cc1ccc(-c2csc3ncnc(OCC(=O)Nc4cc(C)cc(C)c4)c23)cc1. The Hall–Kier alpha value is -3.25. The molecule has 1 N–H and O–H groups in total. The number of aromatic nitrogens is 2. The van der Waals surface area contributed by atoms with Crippen molar-refractivity contribution in [2.45, 2.75) is 20.8 Å². The second-order valence-corrected chi connectivity index (χ2v) is 7.95. The molecular weight excluding hydrogens is 382 g/mol. The van der Waals surface area contributed by atoms with Crippen LogP contribution in [0.5, 0.6) is 5.88 Å². The minimum atomic E-state index is -0.228. The third-order valence-electron chi connectivity index (χ3n) is 4.54. The van der Waals surface area contributed by atoms with Gasteiger partial charge in [-0.15, -0.1) is 11.3 Å². The number of fused-ring (bicyclic) bond motifs is 1. The summed E-state index contributed by atoms with van der Waals surface area (Å²) in [4.78, 5) is 21.9. The predicted octanol–water partition coefficient (Wildman–Crippen LogP) is 5.30. The number of carbonyl (C=O) groups excluding carboxylic acids is 1. The Labute approximate surface area is 173 Å². The molecule has 0 aliphatic carbocycles. The van der Waals surface area contributed by atoms with Crippen molar-refractivity contribution in [2.75, 3.05) is 11.9 Å². The monoisotopic (exact) mass is 403 g/mol. The number of benzene rings is 2. The van der Waals surface area contributed by atoms with Crippen LogP contribution in [0.15, 0.2) is 54.2 Å². The van der Waals surface area contributed by atoms with Crippen LogP contribution in [0.1, 0.15) is 16.7 Å². The number of nitrogens with one attached hydrogen (secondary N) is 1. The molecule has 1 amide bonds. The smallest absolute Gasteiger partial charge is 0.262 e. The van der Waals surface area contributed by atoms with Gasteiger partial charge in [-0.1, -0.05) is 35.9 Å². The Balaban J connectivity index is 1.55. The maximum Gasteiger partial charge on any atom is 0.262 e. The summed E-state index contributed by atoms with van der Waals surface area (Å²) in [5.74, 6) is 0.191. The normalized spacial score (nSPS) is 10.9. The molecule has 0 bridgehead atoms. The summed E-state index contributed by atoms with van der Waals surface area (Å²) in [5.41, 5.74) is 6.24. The number of aryl methyl sites for hydroxylation is 3. The number of hydrogen-bond acceptors (Lipinski definition) is 5. The van der Waals surface area contributed by atoms with Gasteiger partial charge >= 0.3 is 0 Å². The van der Waals surface area contributed by atoms with Crippen LogP contribution in [-0.4, -0.2) is 22.5 Å². The quantitative estimate of drug-likeness (QED) is 0.491. The van der Waals surface area contributed by atoms with E-state index in [-0.39, 0.29) is 12.5 Å². The molecule has 0 radical (unpaired) electrons. The molecule has 0 atom stereocenters. The Morgan fingerprint density at radius 1 is 1.00 bits per heavy atom. The molecule has 0 saturated heterocycles. The summed E-state index contributed by atoms with van der Waals surface area (Å²) in [7, 11) is 0. The zero-order chi connectivity index (χ0) is 20.4. The Morgan fingerprint density at radius 3 is 2.45 bits per heavy atom. The minimum Gasteiger partial charge on any atom is -0.467 e. The van der Waals surface area contributed by atoms with Gasteiger partial charge in [0.25, 0.3) is 5.91 Å². The maximum absolute atomic E-state index is 12.4. The zero-order valence-electron chi connectivity index (χ0n) is 16.5. The van der Waals surface area contributed by atoms with Crippen LogP contribution >= 0.6 is 11.3 Å². The van der Waals surface area contributed by atoms with E-state index in [1.807, 2.05) is 31.4 Å². The largest absolute Gasteiger partial charge is 0.467 e. The molecule has 0 saturated carbocycles. The molecule has 0 aliphatic heterocycles. The van der Waals surface area contributed by atoms with Crippen LogP contribution < -0.4 is 10.1 Å². The molecule has 2 aromatic heterocycles. The van der Waals surface area contributed by atoms with Crippen molar-refractivity contribution in [3.63, 3.8) is 0 Å². The standard InChI is InChI=1S/C23H21N3O2S/c1-14-4-6-17(7-5-14)19-12-29-23-21(19)22(24-13-25-23)28-11-20(27)26-18-9-15(2)8-16(3)10-18/h4-10,12-13H,11H2,1-3H3,(H,26,27). The average molecular weight is 404 g/mol. The van der Waals surface area contributed by atoms with Crippen molar-refractivity contribution in [2.24, 2.45) is 0 Å². The van der Waals surface area contributed by atoms with E-state index >= 15 is 0 Å². The van der Waals surface area contributed by atoms with Crippen LogP contribution in [0.4, 0.5) is 5.69 Å². The molecule has 2 heterocycles. The minimum absolute atomic E-state index is 0.123. The van der Waals surface area contributed by atoms with Crippen LogP contribution in [0.3, 0.4) is 0 Å². The molecule has 4 rings (SSSR count). The fourth-order valence-electron chi connectivity index (χ4n) is 3.28. The van der Waals surface area contributed by atoms with E-state index < -0.39 is 0 Å². The van der Waals surface area contributed by atoms with Gasteiger partial charge in [0.15, 0.2) is 6.61 Å². The molecule has 0 aliphatic rings. The summed E-state index contributed by atoms with van der Waals surface area (Å²) in [6.45, 7) is 5.93. The second-order valence-electron chi connectivity index (χ2n) is 7.09. The molecule has 146 valence electrons. The van der Waals surface area contributed by atoms with Crippen molar-refractivity contribution >= 4 is 33.1 Å². The first kappa shape index (κ1) is 19.1. The molecule has 29 heavy (non-hydrogen) atoms. The Kier molecular flexibility index (Phi) is 5.27. The van der Waals surface area contributed by atoms with Gasteiger partial charge < -0.3 is 10.1 Å². The summed E-state index contributed by atoms with van der Waals surface area (Å²) in [6, 6.07) is 14.2. The first-order valence-electron chi connectivity index (χ1n) is 9.30. The summed E-state index contributed by atoms with van der Waals surface area (Å²) < 4.78 is 5.80. The lowest BCUT2D eigenvalue weighted by atomic mass is 10.0. The molecule has 4 aromatic rings. The average Bonchev–Trinajstić information content (AvgIpc) is 3.11. The summed E-state index contributed by atoms with van der Waals surface area (Å²) in [5, 5.41) is 5.77. The molecule has 2 aromatic carbocycles. The van der Waals surface area contributed by atoms with Crippen molar-refractivity contribution in [1.82, 2.24) is 9.97 Å². The Morgan fingerprint density at radius 2 is 1.72 bits per heavy atom. The van der Waals surface area contributed by atoms with Crippen molar-refractivity contribution in [1.29, 1.82) is 0 Å². The highest BCUT2D eigenvalue weighted by Gasteiger charge is 2.15. The van der Waals surface area contributed by atoms with E-state index in [0.717, 1.165) is 38.2 Å². The number of anilines is 1. The molecule has 0 spiro atoms. The van der Waals surface area contributed by atoms with Crippen LogP contribution in [0, 0.1) is 20.8 Å². The first-order valence-corrected chi connectivity index (χ1v) is 10.2. The highest BCUT2D eigenvalue weighted by Crippen LogP contribution is 2.37. The van der Waals surface area contributed by atoms with Crippen molar-refractivity contribution in [3.05, 3.63) is 70.9 Å². The van der Waals surface area contributed by atoms with Gasteiger partial charge in [-0.2, -0.15) is 0 Å². The number of ether oxygens (including phenoxy) is 1. The number of rotatable bonds is 5. The van der Waals surface area contributed by atoms with Gasteiger partial charge in [0.1, 0.15) is 11.2 Å². The highest BCUT2D eigenvalue weighted by atomic mass is 32.1. The lowest BCUT2D eigenvalue weighted by Crippen LogP contribution is -2.20. The van der Waals surface area contributed by atoms with Crippen LogP contribution in [0.25, 0.3) is 21.3 Å². The Bertz CT molecular complexity index is 1160. The maximum atomic E-state index is 12.4. The molecule has 5 nitrogen and oxygen atoms in total. The van der Waals surface area contributed by atoms with Gasteiger partial charge in [-0.3, -0.25) is 4.79 Å². The molecular formula is C23H21N3O2S. The summed E-state index contributed by atoms with van der Waals surface area (Å²) >= 11 is 1.54. The van der Waals surface area contributed by atoms with Crippen molar-refractivity contribution < 1.29 is 9.53 Å². The van der Waals surface area contributed by atoms with Gasteiger partial charge in [0.05, 0.1) is 5.39 Å². The number of carbonyl (C=O) groups is 1. The highest BCUT2D eigenvalue weighted by molar-refractivity contribution is 7.17. The number of hydrogen-bond donors (Lipinski definition) is 1. The van der Waals surface area contributed by atoms with Gasteiger partial charge in [0.2, 0.25) is 5.88 Å². The van der Waals surface area contributed by atoms with Gasteiger partial charge in [0, 0.05) is 16.6 Å². The van der Waals surface area contributed by atoms with Crippen LogP contribution in [0.2, 0.25) is 0 Å². The van der Waals surface area contributed by atoms with E-state index in [4.69, 9.17) is 4.74 Å². The van der Waals surface area contributed by atoms with E-state index in [0.29, 0.717) is 5.88 Å². The lowest BCUT2D eigenvalue weighted by molar-refractivity contribution is -0.118. The number of nitrogens with zero attached hydrogens (tertiary/aromatic N) is 2. The van der Waals surface area contributed by atoms with Gasteiger partial charge in [-0.05, 0) is 49.6 Å². The molecule has 6 heteroatoms. The third kappa shape index (κ3) is 4.27. The van der Waals surface area contributed by atoms with Crippen LogP contribution in [-0.2, 0) is 4.79 Å². The van der Waals surface area contributed by atoms with E-state index in [2.05, 4.69) is 52.5 Å². The fraction of sp³-hybridized carbons (Fsp3) is 0.174. The molecule has 0 unspecified atom stereocenters. The van der Waals surface area contributed by atoms with E-state index in [1.165, 1.54) is 23.2 Å². The lowest BCUT2D eigenvalue weighted by Gasteiger charge is -2.10. The van der Waals surface area contributed by atoms with E-state index in [9.17, 15) is 4.79 Å². The number of amides is 1. The topological polar surface area (TPSA) is 64.1 Å². The first-order chi connectivity index (χ1) is 14.0. The fourth-order valence-corrected chi connectivity index (χ4v) is 4.19.